The number of hydrogen-bond donors (Lipinski definition) is 0. The van der Waals surface area contributed by atoms with Gasteiger partial charge < -0.3 is 41.7 Å². The van der Waals surface area contributed by atoms with Crippen LogP contribution in [-0.4, -0.2) is 94.8 Å². The maximum absolute atomic E-state index is 12.2. The van der Waals surface area contributed by atoms with Crippen molar-refractivity contribution >= 4 is 53.1 Å². The van der Waals surface area contributed by atoms with Gasteiger partial charge >= 0.3 is 17.9 Å². The quantitative estimate of drug-likeness (QED) is 0.0335. The molecule has 0 aliphatic rings. The number of ether oxygens (including phenoxy) is 6. The molecule has 6 unspecified atom stereocenters. The fourth-order valence-corrected chi connectivity index (χ4v) is 14.9. The van der Waals surface area contributed by atoms with Gasteiger partial charge in [0.25, 0.3) is 0 Å². The minimum Gasteiger partial charge on any atom is -0.433 e. The molecule has 0 bridgehead atoms. The number of hydrogen-bond acceptors (Lipinski definition) is 12. The molecule has 16 heteroatoms. The number of esters is 3. The summed E-state index contributed by atoms with van der Waals surface area (Å²) in [6.45, 7) is 38.1. The Morgan fingerprint density at radius 2 is 0.740 bits per heavy atom. The van der Waals surface area contributed by atoms with Crippen molar-refractivity contribution in [1.29, 1.82) is 0 Å². The summed E-state index contributed by atoms with van der Waals surface area (Å²) < 4.78 is 55.6. The molecular weight excluding hydrogens is 713 g/mol. The van der Waals surface area contributed by atoms with Crippen LogP contribution < -0.4 is 0 Å². The second-order valence-corrected chi connectivity index (χ2v) is 26.8. The van der Waals surface area contributed by atoms with Gasteiger partial charge in [0.2, 0.25) is 49.4 Å². The largest absolute Gasteiger partial charge is 0.433 e. The molecule has 0 amide bonds. The fraction of sp³-hybridized carbons (Fsp3) is 0.735. The lowest BCUT2D eigenvalue weighted by Crippen LogP contribution is -2.65. The van der Waals surface area contributed by atoms with Crippen molar-refractivity contribution in [1.82, 2.24) is 0 Å². The topological polar surface area (TPSA) is 134 Å². The van der Waals surface area contributed by atoms with Gasteiger partial charge in [0.15, 0.2) is 10.2 Å². The number of rotatable bonds is 24. The summed E-state index contributed by atoms with van der Waals surface area (Å²) in [5.74, 6) is -1.68. The van der Waals surface area contributed by atoms with Crippen LogP contribution in [0.1, 0.15) is 81.6 Å². The zero-order chi connectivity index (χ0) is 39.4. The highest BCUT2D eigenvalue weighted by Crippen LogP contribution is 2.34. The third-order valence-electron chi connectivity index (χ3n) is 7.56. The van der Waals surface area contributed by atoms with Gasteiger partial charge in [-0.15, -0.1) is 0 Å². The molecule has 0 heterocycles. The van der Waals surface area contributed by atoms with Crippen LogP contribution in [0.3, 0.4) is 0 Å². The Kier molecular flexibility index (Phi) is 19.8. The van der Waals surface area contributed by atoms with E-state index < -0.39 is 84.5 Å². The summed E-state index contributed by atoms with van der Waals surface area (Å²) in [5, 5.41) is 0. The summed E-state index contributed by atoms with van der Waals surface area (Å²) in [6.07, 6.45) is -0.997. The molecule has 0 aliphatic carbocycles. The fourth-order valence-electron chi connectivity index (χ4n) is 5.08. The summed E-state index contributed by atoms with van der Waals surface area (Å²) in [4.78, 5) is 36.6. The first-order valence-corrected chi connectivity index (χ1v) is 26.5. The van der Waals surface area contributed by atoms with Gasteiger partial charge in [-0.25, -0.2) is 14.4 Å². The van der Waals surface area contributed by atoms with Crippen molar-refractivity contribution in [2.24, 2.45) is 0 Å². The van der Waals surface area contributed by atoms with E-state index in [4.69, 9.17) is 41.7 Å². The average Bonchev–Trinajstić information content (AvgIpc) is 2.95. The van der Waals surface area contributed by atoms with E-state index in [0.717, 1.165) is 0 Å². The molecule has 0 N–H and O–H groups in total. The van der Waals surface area contributed by atoms with Crippen LogP contribution in [0.5, 0.6) is 0 Å². The standard InChI is InChI=1S/C34H63O12Si4/c1-19-28(38-25(10)41-31(35)22(4)5)48(13,14)44-34(47,45-49(15,16)29(20-2)39-26(11)42-32(36)23(6)7)46-50(17,18)30(21-3)40-27(12)43-33(37)24(8)9/h25-30H,4,6,8,19-21H2,1-3,5,7,9-18H3. The summed E-state index contributed by atoms with van der Waals surface area (Å²) in [5.41, 5.74) is -2.43. The molecule has 0 spiro atoms. The molecule has 0 saturated carbocycles. The maximum Gasteiger partial charge on any atom is 0.335 e. The van der Waals surface area contributed by atoms with Crippen molar-refractivity contribution in [3.8, 4) is 0 Å². The lowest BCUT2D eigenvalue weighted by molar-refractivity contribution is -0.223. The van der Waals surface area contributed by atoms with Crippen LogP contribution in [0.2, 0.25) is 39.3 Å². The van der Waals surface area contributed by atoms with E-state index in [0.29, 0.717) is 19.3 Å². The average molecular weight is 776 g/mol. The molecule has 0 saturated heterocycles. The predicted molar refractivity (Wildman–Crippen MR) is 201 cm³/mol. The third-order valence-corrected chi connectivity index (χ3v) is 17.2. The van der Waals surface area contributed by atoms with Gasteiger partial charge in [0.1, 0.15) is 0 Å². The lowest BCUT2D eigenvalue weighted by Gasteiger charge is -2.49. The van der Waals surface area contributed by atoms with Gasteiger partial charge in [-0.3, -0.25) is 0 Å². The van der Waals surface area contributed by atoms with Crippen LogP contribution in [0, 0.1) is 0 Å². The SMILES string of the molecule is C=C(C)C(=O)OC(C)OC(CC)[Si](C)(C)OC([Si])(O[Si](C)(C)C(CC)OC(C)OC(=O)C(=C)C)O[Si](C)(C)C(CC)OC(C)OC(=O)C(=C)C. The van der Waals surface area contributed by atoms with Crippen molar-refractivity contribution in [3.63, 3.8) is 0 Å². The Labute approximate surface area is 307 Å². The van der Waals surface area contributed by atoms with Gasteiger partial charge in [0, 0.05) is 16.7 Å². The smallest absolute Gasteiger partial charge is 0.335 e. The monoisotopic (exact) mass is 775 g/mol. The van der Waals surface area contributed by atoms with Crippen molar-refractivity contribution in [2.75, 3.05) is 0 Å². The van der Waals surface area contributed by atoms with Crippen molar-refractivity contribution in [3.05, 3.63) is 36.5 Å². The molecule has 0 aromatic heterocycles. The highest BCUT2D eigenvalue weighted by Gasteiger charge is 2.51. The first-order valence-electron chi connectivity index (χ1n) is 17.1. The van der Waals surface area contributed by atoms with Crippen LogP contribution in [0.25, 0.3) is 0 Å². The molecule has 0 aromatic rings. The minimum absolute atomic E-state index is 0.259. The zero-order valence-electron chi connectivity index (χ0n) is 33.1. The summed E-state index contributed by atoms with van der Waals surface area (Å²) >= 11 is 0. The number of carbonyl (C=O) groups is 3. The van der Waals surface area contributed by atoms with E-state index in [2.05, 4.69) is 30.0 Å². The second kappa shape index (κ2) is 20.5. The van der Waals surface area contributed by atoms with E-state index in [9.17, 15) is 14.4 Å². The van der Waals surface area contributed by atoms with E-state index in [1.807, 2.05) is 60.1 Å². The van der Waals surface area contributed by atoms with Crippen LogP contribution in [0.4, 0.5) is 0 Å². The zero-order valence-corrected chi connectivity index (χ0v) is 37.1. The van der Waals surface area contributed by atoms with Crippen molar-refractivity contribution in [2.45, 2.75) is 163 Å². The maximum atomic E-state index is 12.2. The van der Waals surface area contributed by atoms with Crippen LogP contribution >= 0.6 is 0 Å². The summed E-state index contributed by atoms with van der Waals surface area (Å²) in [7, 11) is -5.07. The van der Waals surface area contributed by atoms with Gasteiger partial charge in [0.05, 0.1) is 17.2 Å². The van der Waals surface area contributed by atoms with Gasteiger partial charge in [-0.2, -0.15) is 0 Å². The molecule has 50 heavy (non-hydrogen) atoms. The molecular formula is C34H63O12Si4. The first-order chi connectivity index (χ1) is 22.7. The van der Waals surface area contributed by atoms with Gasteiger partial charge in [-0.05, 0) is 100 Å². The van der Waals surface area contributed by atoms with E-state index >= 15 is 0 Å². The first kappa shape index (κ1) is 48.3. The molecule has 3 radical (unpaired) electrons. The van der Waals surface area contributed by atoms with Crippen molar-refractivity contribution < 1.29 is 56.1 Å². The van der Waals surface area contributed by atoms with E-state index in [-0.39, 0.29) is 16.7 Å². The molecule has 0 aliphatic heterocycles. The van der Waals surface area contributed by atoms with E-state index in [1.54, 1.807) is 41.5 Å². The van der Waals surface area contributed by atoms with Crippen LogP contribution in [-0.2, 0) is 56.1 Å². The highest BCUT2D eigenvalue weighted by molar-refractivity contribution is 6.75. The highest BCUT2D eigenvalue weighted by atomic mass is 28.4. The number of carbonyl (C=O) groups excluding carboxylic acids is 3. The molecule has 6 atom stereocenters. The van der Waals surface area contributed by atoms with Gasteiger partial charge in [-0.1, -0.05) is 40.5 Å². The third kappa shape index (κ3) is 16.3. The van der Waals surface area contributed by atoms with Crippen LogP contribution in [0.15, 0.2) is 36.5 Å². The van der Waals surface area contributed by atoms with E-state index in [1.165, 1.54) is 0 Å². The molecule has 0 aromatic carbocycles. The Balaban J connectivity index is 6.70. The minimum atomic E-state index is -2.96. The Hall–Kier alpha value is -1.74. The Bertz CT molecular complexity index is 1050. The summed E-state index contributed by atoms with van der Waals surface area (Å²) in [6, 6.07) is 0. The predicted octanol–water partition coefficient (Wildman–Crippen LogP) is 6.83. The molecule has 12 nitrogen and oxygen atoms in total. The molecule has 0 rings (SSSR count). The lowest BCUT2D eigenvalue weighted by atomic mass is 10.4. The molecule has 0 fully saturated rings. The Morgan fingerprint density at radius 1 is 0.540 bits per heavy atom. The Morgan fingerprint density at radius 3 is 0.900 bits per heavy atom. The second-order valence-electron chi connectivity index (χ2n) is 14.0. The normalized spacial score (nSPS) is 17.3. The molecule has 287 valence electrons.